The second-order valence-corrected chi connectivity index (χ2v) is 24.7. The number of alkyl halides is 6. The van der Waals surface area contributed by atoms with Crippen molar-refractivity contribution in [3.63, 3.8) is 0 Å². The Kier molecular flexibility index (Phi) is 18.6. The number of benzene rings is 5. The topological polar surface area (TPSA) is 289 Å². The van der Waals surface area contributed by atoms with Crippen LogP contribution in [-0.2, 0) is 41.0 Å². The molecule has 2 atom stereocenters. The molecule has 6 aliphatic heterocycles. The van der Waals surface area contributed by atoms with Crippen molar-refractivity contribution < 1.29 is 83.8 Å². The lowest BCUT2D eigenvalue weighted by atomic mass is 9.95. The first-order valence-corrected chi connectivity index (χ1v) is 32.2. The fourth-order valence-electron chi connectivity index (χ4n) is 13.1. The summed E-state index contributed by atoms with van der Waals surface area (Å²) in [6.07, 6.45) is -4.59. The van der Waals surface area contributed by atoms with Crippen LogP contribution in [-0.4, -0.2) is 149 Å². The quantitative estimate of drug-likeness (QED) is 0.0653. The van der Waals surface area contributed by atoms with Gasteiger partial charge in [0.15, 0.2) is 0 Å². The van der Waals surface area contributed by atoms with Crippen molar-refractivity contribution in [3.05, 3.63) is 196 Å². The van der Waals surface area contributed by atoms with Crippen LogP contribution in [0.4, 0.5) is 49.1 Å². The maximum absolute atomic E-state index is 13.9. The van der Waals surface area contributed by atoms with Gasteiger partial charge in [-0.25, -0.2) is 0 Å². The molecule has 6 aliphatic rings. The molecule has 0 spiro atoms. The zero-order valence-corrected chi connectivity index (χ0v) is 54.2. The number of nitrogens with one attached hydrogen (secondary N) is 4. The number of halogens is 6. The summed E-state index contributed by atoms with van der Waals surface area (Å²) in [5.74, 6) is -6.39. The van der Waals surface area contributed by atoms with Crippen molar-refractivity contribution in [3.8, 4) is 44.8 Å². The van der Waals surface area contributed by atoms with Gasteiger partial charge in [0, 0.05) is 102 Å². The monoisotopic (exact) mass is 1400 g/mol. The van der Waals surface area contributed by atoms with Crippen molar-refractivity contribution in [2.45, 2.75) is 64.0 Å². The summed E-state index contributed by atoms with van der Waals surface area (Å²) in [7, 11) is 0. The molecule has 520 valence electrons. The van der Waals surface area contributed by atoms with Gasteiger partial charge in [-0.15, -0.1) is 0 Å². The Bertz CT molecular complexity index is 4560. The van der Waals surface area contributed by atoms with Gasteiger partial charge in [0.2, 0.25) is 23.6 Å². The number of carbonyl (C=O) groups excluding carboxylic acids is 10. The molecule has 10 amide bonds. The molecule has 0 saturated carbocycles. The largest absolute Gasteiger partial charge is 0.416 e. The number of morpholine rings is 2. The minimum absolute atomic E-state index is 0.00356. The molecule has 102 heavy (non-hydrogen) atoms. The summed E-state index contributed by atoms with van der Waals surface area (Å²) in [6.45, 7) is 7.36. The van der Waals surface area contributed by atoms with Crippen LogP contribution in [0, 0.1) is 13.8 Å². The molecular formula is C73H59F6N11O12. The highest BCUT2D eigenvalue weighted by atomic mass is 19.4. The average Bonchev–Trinajstić information content (AvgIpc) is 1.56. The van der Waals surface area contributed by atoms with E-state index in [0.717, 1.165) is 45.7 Å². The normalized spacial score (nSPS) is 17.8. The lowest BCUT2D eigenvalue weighted by Gasteiger charge is -2.31. The van der Waals surface area contributed by atoms with Gasteiger partial charge < -0.3 is 29.9 Å². The third-order valence-corrected chi connectivity index (χ3v) is 18.3. The highest BCUT2D eigenvalue weighted by molar-refractivity contribution is 6.27. The number of carbonyl (C=O) groups is 10. The van der Waals surface area contributed by atoms with E-state index in [9.17, 15) is 74.3 Å². The highest BCUT2D eigenvalue weighted by Crippen LogP contribution is 2.44. The van der Waals surface area contributed by atoms with Gasteiger partial charge in [-0.05, 0) is 117 Å². The molecular weight excluding hydrogens is 1340 g/mol. The number of fused-ring (bicyclic) bond motifs is 2. The van der Waals surface area contributed by atoms with Crippen LogP contribution in [0.3, 0.4) is 0 Å². The van der Waals surface area contributed by atoms with Gasteiger partial charge in [0.05, 0.1) is 94.5 Å². The first-order valence-electron chi connectivity index (χ1n) is 32.2. The third-order valence-electron chi connectivity index (χ3n) is 18.3. The lowest BCUT2D eigenvalue weighted by Crippen LogP contribution is -2.54. The SMILES string of the molecule is Cc1ccc(NC(=O)c2cccc(C(F)(F)F)c2)cc1-c1cnc(-c2cccc3c2C(=O)N(C2CCC(=O)NC2=O)C3=O)c(N2CCOCC2)c1.Cc1ncc(NC(=O)c2cccc(C(F)(F)F)c2)cc1-c1cnc(-c2cccc3c2C(=O)N(C2CCC(=O)NC2=O)C3=O)c(N2CCOCC2)c1. The maximum atomic E-state index is 13.9. The summed E-state index contributed by atoms with van der Waals surface area (Å²) in [4.78, 5) is 150. The van der Waals surface area contributed by atoms with E-state index in [4.69, 9.17) is 19.4 Å². The molecule has 0 bridgehead atoms. The number of imide groups is 4. The number of nitrogens with zero attached hydrogens (tertiary/aromatic N) is 7. The molecule has 23 nitrogen and oxygen atoms in total. The van der Waals surface area contributed by atoms with Gasteiger partial charge in [-0.3, -0.25) is 83.3 Å². The molecule has 14 rings (SSSR count). The van der Waals surface area contributed by atoms with Gasteiger partial charge in [0.25, 0.3) is 35.4 Å². The number of hydrogen-bond donors (Lipinski definition) is 4. The Hall–Kier alpha value is -11.9. The maximum Gasteiger partial charge on any atom is 0.416 e. The molecule has 0 radical (unpaired) electrons. The number of pyridine rings is 3. The van der Waals surface area contributed by atoms with Crippen molar-refractivity contribution >= 4 is 81.8 Å². The van der Waals surface area contributed by atoms with Crippen molar-refractivity contribution in [1.29, 1.82) is 0 Å². The molecule has 8 aromatic rings. The van der Waals surface area contributed by atoms with E-state index in [0.29, 0.717) is 120 Å². The molecule has 4 N–H and O–H groups in total. The predicted molar refractivity (Wildman–Crippen MR) is 356 cm³/mol. The number of hydrogen-bond acceptors (Lipinski definition) is 17. The van der Waals surface area contributed by atoms with Crippen molar-refractivity contribution in [2.75, 3.05) is 73.0 Å². The van der Waals surface area contributed by atoms with E-state index in [1.165, 1.54) is 36.5 Å². The van der Waals surface area contributed by atoms with Crippen LogP contribution in [0.25, 0.3) is 44.8 Å². The summed E-state index contributed by atoms with van der Waals surface area (Å²) in [5.41, 5.74) is 5.68. The number of piperidine rings is 2. The number of ether oxygens (including phenoxy) is 2. The molecule has 4 saturated heterocycles. The van der Waals surface area contributed by atoms with E-state index in [1.807, 2.05) is 24.0 Å². The number of amides is 10. The van der Waals surface area contributed by atoms with E-state index in [-0.39, 0.29) is 64.8 Å². The minimum atomic E-state index is -4.61. The van der Waals surface area contributed by atoms with Gasteiger partial charge in [-0.1, -0.05) is 42.5 Å². The second-order valence-electron chi connectivity index (χ2n) is 24.7. The number of rotatable bonds is 12. The average molecular weight is 1400 g/mol. The third kappa shape index (κ3) is 13.6. The van der Waals surface area contributed by atoms with Crippen LogP contribution in [0.2, 0.25) is 0 Å². The number of aromatic nitrogens is 3. The standard InChI is InChI=1S/C37H30F3N5O6.C36H29F3N6O6/c1-20-8-9-24(42-33(47)21-4-2-5-23(16-21)37(38,39)40)18-27(20)22-17-29(44-12-14-51-15-13-44)32(41-19-22)25-6-3-7-26-31(25)36(50)45(35(26)49)28-10-11-30(46)43-34(28)48;1-19-26(16-23(18-40-19)42-32(47)20-4-2-5-22(14-20)36(37,38)39)21-15-28(44-10-12-51-13-11-44)31(41-17-21)24-6-3-7-25-30(24)35(50)45(34(25)49)27-8-9-29(46)43-33(27)48/h2-9,16-19,28H,10-15H2,1H3,(H,42,47)(H,43,46,48);2-7,14-18,27H,8-13H2,1H3,(H,42,47)(H,43,46,48). The Balaban J connectivity index is 0.000000182. The van der Waals surface area contributed by atoms with Gasteiger partial charge >= 0.3 is 12.4 Å². The summed E-state index contributed by atoms with van der Waals surface area (Å²) < 4.78 is 90.7. The van der Waals surface area contributed by atoms with Crippen LogP contribution >= 0.6 is 0 Å². The highest BCUT2D eigenvalue weighted by Gasteiger charge is 2.48. The van der Waals surface area contributed by atoms with Crippen LogP contribution < -0.4 is 31.1 Å². The predicted octanol–water partition coefficient (Wildman–Crippen LogP) is 9.86. The van der Waals surface area contributed by atoms with E-state index in [2.05, 4.69) is 31.2 Å². The van der Waals surface area contributed by atoms with Crippen molar-refractivity contribution in [2.24, 2.45) is 0 Å². The Morgan fingerprint density at radius 2 is 0.892 bits per heavy atom. The van der Waals surface area contributed by atoms with Crippen LogP contribution in [0.5, 0.6) is 0 Å². The molecule has 5 aromatic carbocycles. The molecule has 0 aliphatic carbocycles. The van der Waals surface area contributed by atoms with Crippen LogP contribution in [0.15, 0.2) is 140 Å². The Morgan fingerprint density at radius 3 is 1.34 bits per heavy atom. The zero-order chi connectivity index (χ0) is 72.1. The number of anilines is 4. The van der Waals surface area contributed by atoms with E-state index >= 15 is 0 Å². The molecule has 3 aromatic heterocycles. The fraction of sp³-hybridized carbons (Fsp3) is 0.247. The first-order chi connectivity index (χ1) is 48.8. The van der Waals surface area contributed by atoms with E-state index < -0.39 is 94.6 Å². The fourth-order valence-corrected chi connectivity index (χ4v) is 13.1. The van der Waals surface area contributed by atoms with E-state index in [1.54, 1.807) is 67.8 Å². The smallest absolute Gasteiger partial charge is 0.378 e. The summed E-state index contributed by atoms with van der Waals surface area (Å²) in [6, 6.07) is 26.3. The molecule has 9 heterocycles. The first kappa shape index (κ1) is 68.7. The lowest BCUT2D eigenvalue weighted by molar-refractivity contribution is -0.138. The molecule has 4 fully saturated rings. The van der Waals surface area contributed by atoms with Crippen LogP contribution in [0.1, 0.15) is 110 Å². The van der Waals surface area contributed by atoms with Gasteiger partial charge in [-0.2, -0.15) is 26.3 Å². The summed E-state index contributed by atoms with van der Waals surface area (Å²) in [5, 5.41) is 9.73. The van der Waals surface area contributed by atoms with Gasteiger partial charge in [0.1, 0.15) is 12.1 Å². The molecule has 2 unspecified atom stereocenters. The molecule has 29 heteroatoms. The number of aryl methyl sites for hydroxylation is 2. The van der Waals surface area contributed by atoms with Crippen molar-refractivity contribution in [1.82, 2.24) is 35.4 Å². The summed E-state index contributed by atoms with van der Waals surface area (Å²) >= 11 is 0. The minimum Gasteiger partial charge on any atom is -0.378 e. The second kappa shape index (κ2) is 27.7. The Morgan fingerprint density at radius 1 is 0.471 bits per heavy atom. The zero-order valence-electron chi connectivity index (χ0n) is 54.2. The Labute approximate surface area is 576 Å².